The van der Waals surface area contributed by atoms with Crippen molar-refractivity contribution in [1.82, 2.24) is 9.97 Å². The van der Waals surface area contributed by atoms with Gasteiger partial charge < -0.3 is 10.1 Å². The second-order valence-corrected chi connectivity index (χ2v) is 4.16. The Labute approximate surface area is 106 Å². The summed E-state index contributed by atoms with van der Waals surface area (Å²) in [6, 6.07) is 0. The maximum absolute atomic E-state index is 13.3. The van der Waals surface area contributed by atoms with Crippen LogP contribution in [0, 0.1) is 12.7 Å². The molecule has 0 radical (unpaired) electrons. The molecule has 0 bridgehead atoms. The van der Waals surface area contributed by atoms with Crippen molar-refractivity contribution in [3.05, 3.63) is 17.8 Å². The van der Waals surface area contributed by atoms with E-state index in [1.807, 2.05) is 0 Å². The van der Waals surface area contributed by atoms with Crippen molar-refractivity contribution in [3.8, 4) is 0 Å². The number of thiol groups is 1. The topological polar surface area (TPSA) is 47.0 Å². The second kappa shape index (κ2) is 7.45. The Bertz CT molecular complexity index is 351. The van der Waals surface area contributed by atoms with Crippen LogP contribution < -0.4 is 5.32 Å². The molecular formula is C11H18FN3OS. The lowest BCUT2D eigenvalue weighted by atomic mass is 10.3. The first kappa shape index (κ1) is 14.2. The fraction of sp³-hybridized carbons (Fsp3) is 0.636. The molecule has 17 heavy (non-hydrogen) atoms. The fourth-order valence-electron chi connectivity index (χ4n) is 1.26. The molecule has 1 N–H and O–H groups in total. The highest BCUT2D eigenvalue weighted by Crippen LogP contribution is 2.12. The SMILES string of the molecule is CCCCCOC(S)Nc1nc(C)ncc1F. The van der Waals surface area contributed by atoms with E-state index in [-0.39, 0.29) is 5.82 Å². The van der Waals surface area contributed by atoms with Gasteiger partial charge >= 0.3 is 0 Å². The monoisotopic (exact) mass is 259 g/mol. The highest BCUT2D eigenvalue weighted by atomic mass is 32.1. The quantitative estimate of drug-likeness (QED) is 0.449. The van der Waals surface area contributed by atoms with E-state index >= 15 is 0 Å². The van der Waals surface area contributed by atoms with Gasteiger partial charge in [0.15, 0.2) is 17.2 Å². The lowest BCUT2D eigenvalue weighted by Gasteiger charge is -2.15. The highest BCUT2D eigenvalue weighted by Gasteiger charge is 2.09. The summed E-state index contributed by atoms with van der Waals surface area (Å²) in [4.78, 5) is 7.67. The van der Waals surface area contributed by atoms with Gasteiger partial charge in [-0.2, -0.15) is 0 Å². The average Bonchev–Trinajstić information content (AvgIpc) is 2.29. The number of rotatable bonds is 7. The minimum Gasteiger partial charge on any atom is -0.349 e. The largest absolute Gasteiger partial charge is 0.349 e. The summed E-state index contributed by atoms with van der Waals surface area (Å²) in [6.45, 7) is 4.41. The van der Waals surface area contributed by atoms with E-state index in [2.05, 4.69) is 34.8 Å². The Morgan fingerprint density at radius 3 is 3.00 bits per heavy atom. The second-order valence-electron chi connectivity index (χ2n) is 3.69. The van der Waals surface area contributed by atoms with E-state index in [1.54, 1.807) is 6.92 Å². The zero-order chi connectivity index (χ0) is 12.7. The van der Waals surface area contributed by atoms with Gasteiger partial charge in [0.2, 0.25) is 0 Å². The van der Waals surface area contributed by atoms with Crippen LogP contribution in [0.5, 0.6) is 0 Å². The molecular weight excluding hydrogens is 241 g/mol. The van der Waals surface area contributed by atoms with Crippen LogP contribution in [0.25, 0.3) is 0 Å². The van der Waals surface area contributed by atoms with E-state index in [1.165, 1.54) is 0 Å². The van der Waals surface area contributed by atoms with Crippen LogP contribution in [-0.4, -0.2) is 22.1 Å². The summed E-state index contributed by atoms with van der Waals surface area (Å²) in [7, 11) is 0. The number of ether oxygens (including phenoxy) is 1. The van der Waals surface area contributed by atoms with E-state index < -0.39 is 11.4 Å². The minimum atomic E-state index is -0.560. The number of unbranched alkanes of at least 4 members (excludes halogenated alkanes) is 2. The van der Waals surface area contributed by atoms with Gasteiger partial charge in [0.1, 0.15) is 5.82 Å². The van der Waals surface area contributed by atoms with Crippen LogP contribution in [0.4, 0.5) is 10.2 Å². The normalized spacial score (nSPS) is 12.5. The molecule has 1 aromatic rings. The Kier molecular flexibility index (Phi) is 6.21. The zero-order valence-electron chi connectivity index (χ0n) is 10.1. The fourth-order valence-corrected chi connectivity index (χ4v) is 1.49. The molecule has 4 nitrogen and oxygen atoms in total. The Morgan fingerprint density at radius 1 is 1.53 bits per heavy atom. The third-order valence-electron chi connectivity index (χ3n) is 2.15. The smallest absolute Gasteiger partial charge is 0.183 e. The lowest BCUT2D eigenvalue weighted by Crippen LogP contribution is -2.19. The van der Waals surface area contributed by atoms with Crippen molar-refractivity contribution in [2.24, 2.45) is 0 Å². The highest BCUT2D eigenvalue weighted by molar-refractivity contribution is 7.80. The van der Waals surface area contributed by atoms with Crippen LogP contribution in [0.15, 0.2) is 6.20 Å². The number of nitrogens with one attached hydrogen (secondary N) is 1. The number of nitrogens with zero attached hydrogens (tertiary/aromatic N) is 2. The number of aryl methyl sites for hydroxylation is 1. The number of hydrogen-bond donors (Lipinski definition) is 2. The lowest BCUT2D eigenvalue weighted by molar-refractivity contribution is 0.126. The van der Waals surface area contributed by atoms with Gasteiger partial charge in [-0.3, -0.25) is 0 Å². The molecule has 0 saturated heterocycles. The molecule has 0 aliphatic heterocycles. The molecule has 1 heterocycles. The van der Waals surface area contributed by atoms with Crippen LogP contribution >= 0.6 is 12.6 Å². The van der Waals surface area contributed by atoms with Crippen LogP contribution in [-0.2, 0) is 4.74 Å². The van der Waals surface area contributed by atoms with Gasteiger partial charge in [-0.1, -0.05) is 19.8 Å². The number of halogens is 1. The number of hydrogen-bond acceptors (Lipinski definition) is 5. The van der Waals surface area contributed by atoms with Gasteiger partial charge in [0.25, 0.3) is 0 Å². The van der Waals surface area contributed by atoms with E-state index in [9.17, 15) is 4.39 Å². The number of aromatic nitrogens is 2. The van der Waals surface area contributed by atoms with Gasteiger partial charge in [-0.05, 0) is 13.3 Å². The Morgan fingerprint density at radius 2 is 2.29 bits per heavy atom. The predicted octanol–water partition coefficient (Wildman–Crippen LogP) is 2.76. The molecule has 0 aliphatic carbocycles. The third-order valence-corrected chi connectivity index (χ3v) is 2.43. The minimum absolute atomic E-state index is 0.119. The van der Waals surface area contributed by atoms with E-state index in [0.29, 0.717) is 12.4 Å². The molecule has 96 valence electrons. The first-order valence-corrected chi connectivity index (χ1v) is 6.20. The average molecular weight is 259 g/mol. The van der Waals surface area contributed by atoms with Crippen molar-refractivity contribution in [2.75, 3.05) is 11.9 Å². The van der Waals surface area contributed by atoms with Crippen molar-refractivity contribution < 1.29 is 9.13 Å². The van der Waals surface area contributed by atoms with Gasteiger partial charge in [0, 0.05) is 0 Å². The Balaban J connectivity index is 2.39. The summed E-state index contributed by atoms with van der Waals surface area (Å²) in [6.07, 6.45) is 4.35. The molecule has 6 heteroatoms. The third kappa shape index (κ3) is 5.32. The molecule has 0 fully saturated rings. The maximum atomic E-state index is 13.3. The summed E-state index contributed by atoms with van der Waals surface area (Å²) in [5.74, 6) is 0.111. The summed E-state index contributed by atoms with van der Waals surface area (Å²) in [5.41, 5.74) is -0.560. The van der Waals surface area contributed by atoms with Crippen molar-refractivity contribution in [1.29, 1.82) is 0 Å². The zero-order valence-corrected chi connectivity index (χ0v) is 11.0. The van der Waals surface area contributed by atoms with Gasteiger partial charge in [0.05, 0.1) is 12.8 Å². The molecule has 1 aromatic heterocycles. The molecule has 0 aliphatic rings. The van der Waals surface area contributed by atoms with Gasteiger partial charge in [-0.15, -0.1) is 12.6 Å². The predicted molar refractivity (Wildman–Crippen MR) is 68.6 cm³/mol. The van der Waals surface area contributed by atoms with E-state index in [4.69, 9.17) is 4.74 Å². The summed E-state index contributed by atoms with van der Waals surface area (Å²) in [5, 5.41) is 2.74. The molecule has 0 spiro atoms. The number of anilines is 1. The van der Waals surface area contributed by atoms with Crippen molar-refractivity contribution >= 4 is 18.4 Å². The van der Waals surface area contributed by atoms with Crippen molar-refractivity contribution in [3.63, 3.8) is 0 Å². The molecule has 1 atom stereocenters. The Hall–Kier alpha value is -0.880. The molecule has 1 rings (SSSR count). The van der Waals surface area contributed by atoms with Crippen LogP contribution in [0.3, 0.4) is 0 Å². The molecule has 0 amide bonds. The molecule has 1 unspecified atom stereocenters. The van der Waals surface area contributed by atoms with Gasteiger partial charge in [-0.25, -0.2) is 14.4 Å². The first-order chi connectivity index (χ1) is 8.13. The van der Waals surface area contributed by atoms with Crippen LogP contribution in [0.2, 0.25) is 0 Å². The van der Waals surface area contributed by atoms with Crippen LogP contribution in [0.1, 0.15) is 32.0 Å². The molecule has 0 saturated carbocycles. The molecule has 0 aromatic carbocycles. The maximum Gasteiger partial charge on any atom is 0.183 e. The standard InChI is InChI=1S/C11H18FN3OS/c1-3-4-5-6-16-11(17)15-10-9(12)7-13-8(2)14-10/h7,11,17H,3-6H2,1-2H3,(H,13,14,15). The van der Waals surface area contributed by atoms with E-state index in [0.717, 1.165) is 25.5 Å². The van der Waals surface area contributed by atoms with Crippen molar-refractivity contribution in [2.45, 2.75) is 38.7 Å². The summed E-state index contributed by atoms with van der Waals surface area (Å²) >= 11 is 4.16. The first-order valence-electron chi connectivity index (χ1n) is 5.69. The summed E-state index contributed by atoms with van der Waals surface area (Å²) < 4.78 is 18.7.